The molecule has 0 aromatic heterocycles. The Morgan fingerprint density at radius 2 is 1.78 bits per heavy atom. The highest BCUT2D eigenvalue weighted by Gasteiger charge is 2.44. The van der Waals surface area contributed by atoms with Gasteiger partial charge in [0.05, 0.1) is 11.1 Å². The second kappa shape index (κ2) is 10.5. The van der Waals surface area contributed by atoms with Crippen LogP contribution in [0.2, 0.25) is 0 Å². The summed E-state index contributed by atoms with van der Waals surface area (Å²) in [6.45, 7) is 3.07. The molecule has 1 aromatic carbocycles. The van der Waals surface area contributed by atoms with E-state index in [-0.39, 0.29) is 29.9 Å². The van der Waals surface area contributed by atoms with Crippen LogP contribution in [0.5, 0.6) is 0 Å². The van der Waals surface area contributed by atoms with Crippen molar-refractivity contribution in [2.75, 3.05) is 38.1 Å². The van der Waals surface area contributed by atoms with E-state index in [9.17, 15) is 24.0 Å². The summed E-state index contributed by atoms with van der Waals surface area (Å²) in [4.78, 5) is 62.9. The molecule has 4 amide bonds. The lowest BCUT2D eigenvalue weighted by molar-refractivity contribution is -0.136. The fourth-order valence-corrected chi connectivity index (χ4v) is 4.09. The van der Waals surface area contributed by atoms with E-state index in [0.717, 1.165) is 42.8 Å². The average Bonchev–Trinajstić information content (AvgIpc) is 3.04. The lowest BCUT2D eigenvalue weighted by Crippen LogP contribution is -2.54. The van der Waals surface area contributed by atoms with Crippen molar-refractivity contribution < 1.29 is 24.0 Å². The van der Waals surface area contributed by atoms with Gasteiger partial charge in [-0.05, 0) is 44.5 Å². The third-order valence-electron chi connectivity index (χ3n) is 5.91. The topological polar surface area (TPSA) is 142 Å². The van der Waals surface area contributed by atoms with Crippen LogP contribution < -0.4 is 21.3 Å². The number of imide groups is 2. The zero-order valence-corrected chi connectivity index (χ0v) is 18.1. The molecule has 10 heteroatoms. The van der Waals surface area contributed by atoms with Gasteiger partial charge in [-0.1, -0.05) is 0 Å². The number of nitrogens with two attached hydrogens (primary N) is 1. The Bertz CT molecular complexity index is 908. The number of benzene rings is 1. The third-order valence-corrected chi connectivity index (χ3v) is 5.91. The maximum absolute atomic E-state index is 12.8. The SMILES string of the molecule is CNCCN.O=CC1CCN(c2ccc3c(c2)C(=O)N(C2CCC(=O)NC2=O)C3=O)CC1. The number of carbonyl (C=O) groups excluding carboxylic acids is 5. The highest BCUT2D eigenvalue weighted by Crippen LogP contribution is 2.31. The number of amides is 4. The predicted octanol–water partition coefficient (Wildman–Crippen LogP) is -0.332. The predicted molar refractivity (Wildman–Crippen MR) is 117 cm³/mol. The molecule has 0 bridgehead atoms. The molecule has 0 spiro atoms. The van der Waals surface area contributed by atoms with Gasteiger partial charge in [-0.15, -0.1) is 0 Å². The fraction of sp³-hybridized carbons (Fsp3) is 0.500. The van der Waals surface area contributed by atoms with Gasteiger partial charge in [0.2, 0.25) is 11.8 Å². The zero-order chi connectivity index (χ0) is 23.3. The molecule has 3 aliphatic rings. The van der Waals surface area contributed by atoms with E-state index in [1.54, 1.807) is 18.2 Å². The Kier molecular flexibility index (Phi) is 7.70. The van der Waals surface area contributed by atoms with Gasteiger partial charge in [0.25, 0.3) is 11.8 Å². The van der Waals surface area contributed by atoms with Gasteiger partial charge < -0.3 is 20.7 Å². The zero-order valence-electron chi connectivity index (χ0n) is 18.1. The maximum Gasteiger partial charge on any atom is 0.262 e. The number of hydrogen-bond acceptors (Lipinski definition) is 8. The molecule has 1 unspecified atom stereocenters. The molecular weight excluding hydrogens is 414 g/mol. The second-order valence-corrected chi connectivity index (χ2v) is 8.03. The van der Waals surface area contributed by atoms with Crippen molar-refractivity contribution in [1.82, 2.24) is 15.5 Å². The third kappa shape index (κ3) is 4.86. The van der Waals surface area contributed by atoms with E-state index in [4.69, 9.17) is 5.73 Å². The summed E-state index contributed by atoms with van der Waals surface area (Å²) >= 11 is 0. The van der Waals surface area contributed by atoms with Crippen LogP contribution >= 0.6 is 0 Å². The number of piperidine rings is 2. The molecule has 1 atom stereocenters. The normalized spacial score (nSPS) is 21.1. The molecule has 32 heavy (non-hydrogen) atoms. The Hall–Kier alpha value is -3.11. The lowest BCUT2D eigenvalue weighted by atomic mass is 9.97. The second-order valence-electron chi connectivity index (χ2n) is 8.03. The first-order valence-corrected chi connectivity index (χ1v) is 10.8. The van der Waals surface area contributed by atoms with E-state index in [1.165, 1.54) is 0 Å². The van der Waals surface area contributed by atoms with E-state index in [2.05, 4.69) is 15.5 Å². The molecule has 3 aliphatic heterocycles. The van der Waals surface area contributed by atoms with Crippen LogP contribution in [0, 0.1) is 5.92 Å². The van der Waals surface area contributed by atoms with E-state index in [0.29, 0.717) is 13.1 Å². The molecule has 0 radical (unpaired) electrons. The molecule has 0 saturated carbocycles. The standard InChI is InChI=1S/C19H19N3O5.C3H10N2/c23-10-11-5-7-21(8-6-11)12-1-2-13-14(9-12)19(27)22(18(13)26)15-3-4-16(24)20-17(15)25;1-5-3-2-4/h1-2,9-11,15H,3-8H2,(H,20,24,25);5H,2-4H2,1H3. The molecule has 2 fully saturated rings. The minimum Gasteiger partial charge on any atom is -0.371 e. The molecule has 4 N–H and O–H groups in total. The number of anilines is 1. The van der Waals surface area contributed by atoms with Crippen LogP contribution in [0.25, 0.3) is 0 Å². The molecule has 0 aliphatic carbocycles. The number of likely N-dealkylation sites (N-methyl/N-ethyl adjacent to an activating group) is 1. The van der Waals surface area contributed by atoms with Gasteiger partial charge in [0.15, 0.2) is 0 Å². The Labute approximate surface area is 186 Å². The Balaban J connectivity index is 0.000000523. The highest BCUT2D eigenvalue weighted by atomic mass is 16.2. The minimum absolute atomic E-state index is 0.0712. The first-order chi connectivity index (χ1) is 15.4. The maximum atomic E-state index is 12.8. The first kappa shape index (κ1) is 23.6. The summed E-state index contributed by atoms with van der Waals surface area (Å²) < 4.78 is 0. The molecule has 4 rings (SSSR count). The molecule has 3 heterocycles. The van der Waals surface area contributed by atoms with Crippen LogP contribution in [0.15, 0.2) is 18.2 Å². The number of aldehydes is 1. The van der Waals surface area contributed by atoms with Crippen LogP contribution in [-0.4, -0.2) is 74.1 Å². The van der Waals surface area contributed by atoms with Crippen molar-refractivity contribution in [1.29, 1.82) is 0 Å². The number of nitrogens with zero attached hydrogens (tertiary/aromatic N) is 2. The number of nitrogens with one attached hydrogen (secondary N) is 2. The smallest absolute Gasteiger partial charge is 0.262 e. The molecule has 1 aromatic rings. The van der Waals surface area contributed by atoms with Gasteiger partial charge in [-0.3, -0.25) is 29.4 Å². The molecule has 10 nitrogen and oxygen atoms in total. The highest BCUT2D eigenvalue weighted by molar-refractivity contribution is 6.23. The Morgan fingerprint density at radius 3 is 2.34 bits per heavy atom. The summed E-state index contributed by atoms with van der Waals surface area (Å²) in [7, 11) is 1.88. The number of rotatable bonds is 5. The van der Waals surface area contributed by atoms with Crippen molar-refractivity contribution in [3.63, 3.8) is 0 Å². The minimum atomic E-state index is -0.957. The van der Waals surface area contributed by atoms with Gasteiger partial charge in [-0.2, -0.15) is 0 Å². The molecular formula is C22H29N5O5. The van der Waals surface area contributed by atoms with Crippen molar-refractivity contribution in [3.05, 3.63) is 29.3 Å². The average molecular weight is 444 g/mol. The first-order valence-electron chi connectivity index (χ1n) is 10.8. The quantitative estimate of drug-likeness (QED) is 0.415. The van der Waals surface area contributed by atoms with Gasteiger partial charge >= 0.3 is 0 Å². The van der Waals surface area contributed by atoms with E-state index in [1.807, 2.05) is 7.05 Å². The summed E-state index contributed by atoms with van der Waals surface area (Å²) in [5.74, 6) is -1.95. The lowest BCUT2D eigenvalue weighted by Gasteiger charge is -2.31. The summed E-state index contributed by atoms with van der Waals surface area (Å²) in [6, 6.07) is 4.13. The number of hydrogen-bond donors (Lipinski definition) is 3. The molecule has 2 saturated heterocycles. The van der Waals surface area contributed by atoms with Crippen LogP contribution in [0.3, 0.4) is 0 Å². The number of fused-ring (bicyclic) bond motifs is 1. The van der Waals surface area contributed by atoms with Crippen molar-refractivity contribution in [3.8, 4) is 0 Å². The van der Waals surface area contributed by atoms with Gasteiger partial charge in [0.1, 0.15) is 12.3 Å². The van der Waals surface area contributed by atoms with Crippen molar-refractivity contribution in [2.24, 2.45) is 11.7 Å². The Morgan fingerprint density at radius 1 is 1.09 bits per heavy atom. The summed E-state index contributed by atoms with van der Waals surface area (Å²) in [6.07, 6.45) is 2.74. The van der Waals surface area contributed by atoms with Crippen molar-refractivity contribution in [2.45, 2.75) is 31.7 Å². The fourth-order valence-electron chi connectivity index (χ4n) is 4.09. The van der Waals surface area contributed by atoms with Gasteiger partial charge in [-0.25, -0.2) is 0 Å². The molecule has 172 valence electrons. The van der Waals surface area contributed by atoms with Gasteiger partial charge in [0, 0.05) is 44.2 Å². The monoisotopic (exact) mass is 443 g/mol. The van der Waals surface area contributed by atoms with Crippen LogP contribution in [0.4, 0.5) is 5.69 Å². The summed E-state index contributed by atoms with van der Waals surface area (Å²) in [5, 5.41) is 5.08. The van der Waals surface area contributed by atoms with E-state index < -0.39 is 29.7 Å². The van der Waals surface area contributed by atoms with Crippen LogP contribution in [0.1, 0.15) is 46.4 Å². The van der Waals surface area contributed by atoms with E-state index >= 15 is 0 Å². The van der Waals surface area contributed by atoms with Crippen LogP contribution in [-0.2, 0) is 14.4 Å². The number of carbonyl (C=O) groups is 5. The largest absolute Gasteiger partial charge is 0.371 e. The summed E-state index contributed by atoms with van der Waals surface area (Å²) in [5.41, 5.74) is 6.45. The van der Waals surface area contributed by atoms with Crippen molar-refractivity contribution >= 4 is 35.6 Å².